The minimum atomic E-state index is -1.34. The van der Waals surface area contributed by atoms with E-state index in [0.29, 0.717) is 4.68 Å². The molecule has 0 N–H and O–H groups in total. The number of nitrogens with zero attached hydrogens (tertiary/aromatic N) is 5. The molecule has 0 spiro atoms. The molecule has 1 aromatic heterocycles. The van der Waals surface area contributed by atoms with Crippen LogP contribution in [-0.4, -0.2) is 30.3 Å². The van der Waals surface area contributed by atoms with Gasteiger partial charge in [0, 0.05) is 0 Å². The highest BCUT2D eigenvalue weighted by atomic mass is 16.7. The average molecular weight is 259 g/mol. The van der Waals surface area contributed by atoms with Crippen LogP contribution in [0, 0.1) is 30.3 Å². The van der Waals surface area contributed by atoms with E-state index < -0.39 is 44.4 Å². The van der Waals surface area contributed by atoms with Gasteiger partial charge in [0.1, 0.15) is 0 Å². The van der Waals surface area contributed by atoms with E-state index in [-0.39, 0.29) is 0 Å². The second-order valence-electron chi connectivity index (χ2n) is 3.13. The largest absolute Gasteiger partial charge is 0.498 e. The molecule has 0 aliphatic heterocycles. The van der Waals surface area contributed by atoms with E-state index in [0.717, 1.165) is 6.92 Å². The molecule has 18 heavy (non-hydrogen) atoms. The summed E-state index contributed by atoms with van der Waals surface area (Å²) in [6, 6.07) is 0. The molecule has 12 nitrogen and oxygen atoms in total. The van der Waals surface area contributed by atoms with Crippen molar-refractivity contribution in [3.05, 3.63) is 30.3 Å². The van der Waals surface area contributed by atoms with Crippen LogP contribution in [-0.2, 0) is 11.3 Å². The molecule has 1 heterocycles. The zero-order chi connectivity index (χ0) is 14.0. The minimum absolute atomic E-state index is 0.332. The molecule has 0 saturated carbocycles. The third-order valence-electron chi connectivity index (χ3n) is 1.78. The first-order valence-corrected chi connectivity index (χ1v) is 4.29. The molecule has 0 fully saturated rings. The Morgan fingerprint density at radius 1 is 1.17 bits per heavy atom. The van der Waals surface area contributed by atoms with Crippen LogP contribution < -0.4 is 0 Å². The first-order valence-electron chi connectivity index (χ1n) is 4.29. The van der Waals surface area contributed by atoms with Gasteiger partial charge in [0.2, 0.25) is 0 Å². The first kappa shape index (κ1) is 13.1. The predicted octanol–water partition coefficient (Wildman–Crippen LogP) is 0.197. The second-order valence-corrected chi connectivity index (χ2v) is 3.13. The Hall–Kier alpha value is -2.92. The van der Waals surface area contributed by atoms with Crippen molar-refractivity contribution in [3.63, 3.8) is 0 Å². The van der Waals surface area contributed by atoms with Crippen LogP contribution >= 0.6 is 0 Å². The molecule has 0 atom stereocenters. The fraction of sp³-hybridized carbons (Fsp3) is 0.333. The van der Waals surface area contributed by atoms with Crippen LogP contribution in [0.5, 0.6) is 0 Å². The maximum Gasteiger partial charge on any atom is 0.498 e. The highest BCUT2D eigenvalue weighted by Crippen LogP contribution is 2.35. The highest BCUT2D eigenvalue weighted by molar-refractivity contribution is 5.76. The number of Topliss-reactive ketones (excluding diaryl/α,β-unsaturated/α-hetero) is 1. The van der Waals surface area contributed by atoms with Crippen molar-refractivity contribution in [1.29, 1.82) is 0 Å². The van der Waals surface area contributed by atoms with Crippen molar-refractivity contribution >= 4 is 23.1 Å². The normalized spacial score (nSPS) is 10.1. The van der Waals surface area contributed by atoms with Gasteiger partial charge >= 0.3 is 17.3 Å². The van der Waals surface area contributed by atoms with Crippen LogP contribution in [0.15, 0.2) is 0 Å². The van der Waals surface area contributed by atoms with Crippen molar-refractivity contribution in [2.45, 2.75) is 13.5 Å². The standard InChI is InChI=1S/C6H5N5O7/c1-3(12)2-8-6(11(17)18)4(9(13)14)5(7-8)10(15)16/h2H2,1H3. The Morgan fingerprint density at radius 2 is 1.72 bits per heavy atom. The summed E-state index contributed by atoms with van der Waals surface area (Å²) >= 11 is 0. The Kier molecular flexibility index (Phi) is 3.30. The highest BCUT2D eigenvalue weighted by Gasteiger charge is 2.46. The molecular formula is C6H5N5O7. The lowest BCUT2D eigenvalue weighted by atomic mass is 10.4. The Labute approximate surface area is 97.3 Å². The van der Waals surface area contributed by atoms with E-state index in [2.05, 4.69) is 5.10 Å². The summed E-state index contributed by atoms with van der Waals surface area (Å²) in [5.74, 6) is -3.06. The number of carbonyl (C=O) groups is 1. The van der Waals surface area contributed by atoms with Crippen LogP contribution in [0.2, 0.25) is 0 Å². The van der Waals surface area contributed by atoms with E-state index in [1.807, 2.05) is 0 Å². The number of ketones is 1. The monoisotopic (exact) mass is 259 g/mol. The lowest BCUT2D eigenvalue weighted by Gasteiger charge is -1.92. The molecule has 0 bridgehead atoms. The number of aromatic nitrogens is 2. The molecule has 0 aliphatic carbocycles. The van der Waals surface area contributed by atoms with Crippen molar-refractivity contribution in [3.8, 4) is 0 Å². The summed E-state index contributed by atoms with van der Waals surface area (Å²) in [5.41, 5.74) is -1.34. The Balaban J connectivity index is 3.58. The third kappa shape index (κ3) is 2.26. The number of hydrogen-bond acceptors (Lipinski definition) is 8. The summed E-state index contributed by atoms with van der Waals surface area (Å²) < 4.78 is 0.332. The quantitative estimate of drug-likeness (QED) is 0.533. The van der Waals surface area contributed by atoms with E-state index >= 15 is 0 Å². The SMILES string of the molecule is CC(=O)Cn1nc([N+](=O)[O-])c([N+](=O)[O-])c1[N+](=O)[O-]. The molecule has 96 valence electrons. The lowest BCUT2D eigenvalue weighted by molar-refractivity contribution is -0.441. The Bertz CT molecular complexity index is 561. The molecule has 1 rings (SSSR count). The van der Waals surface area contributed by atoms with Gasteiger partial charge in [-0.1, -0.05) is 0 Å². The third-order valence-corrected chi connectivity index (χ3v) is 1.78. The van der Waals surface area contributed by atoms with Crippen molar-refractivity contribution in [2.24, 2.45) is 0 Å². The summed E-state index contributed by atoms with van der Waals surface area (Å²) in [6.45, 7) is 0.397. The minimum Gasteiger partial charge on any atom is -0.358 e. The summed E-state index contributed by atoms with van der Waals surface area (Å²) in [6.07, 6.45) is 0. The van der Waals surface area contributed by atoms with Crippen LogP contribution in [0.4, 0.5) is 17.3 Å². The van der Waals surface area contributed by atoms with Crippen molar-refractivity contribution in [1.82, 2.24) is 9.78 Å². The van der Waals surface area contributed by atoms with Gasteiger partial charge in [0.25, 0.3) is 0 Å². The fourth-order valence-electron chi connectivity index (χ4n) is 1.22. The lowest BCUT2D eigenvalue weighted by Crippen LogP contribution is -2.11. The summed E-state index contributed by atoms with van der Waals surface area (Å²) in [5, 5.41) is 34.9. The van der Waals surface area contributed by atoms with Crippen LogP contribution in [0.3, 0.4) is 0 Å². The fourth-order valence-corrected chi connectivity index (χ4v) is 1.22. The van der Waals surface area contributed by atoms with Gasteiger partial charge in [0.15, 0.2) is 17.4 Å². The number of nitro groups is 3. The summed E-state index contributed by atoms with van der Waals surface area (Å²) in [4.78, 5) is 38.9. The topological polar surface area (TPSA) is 164 Å². The summed E-state index contributed by atoms with van der Waals surface area (Å²) in [7, 11) is 0. The van der Waals surface area contributed by atoms with E-state index in [1.165, 1.54) is 0 Å². The molecule has 12 heteroatoms. The second kappa shape index (κ2) is 4.52. The van der Waals surface area contributed by atoms with Crippen molar-refractivity contribution in [2.75, 3.05) is 0 Å². The predicted molar refractivity (Wildman–Crippen MR) is 52.9 cm³/mol. The molecule has 0 aromatic carbocycles. The van der Waals surface area contributed by atoms with E-state index in [9.17, 15) is 35.1 Å². The maximum atomic E-state index is 10.8. The van der Waals surface area contributed by atoms with Gasteiger partial charge < -0.3 is 20.2 Å². The number of rotatable bonds is 5. The zero-order valence-electron chi connectivity index (χ0n) is 8.80. The zero-order valence-corrected chi connectivity index (χ0v) is 8.80. The number of carbonyl (C=O) groups excluding carboxylic acids is 1. The van der Waals surface area contributed by atoms with Crippen LogP contribution in [0.25, 0.3) is 0 Å². The average Bonchev–Trinajstić information content (AvgIpc) is 2.55. The number of hydrogen-bond donors (Lipinski definition) is 0. The van der Waals surface area contributed by atoms with E-state index in [1.54, 1.807) is 0 Å². The van der Waals surface area contributed by atoms with Crippen LogP contribution in [0.1, 0.15) is 6.92 Å². The van der Waals surface area contributed by atoms with Gasteiger partial charge in [0.05, 0.1) is 4.92 Å². The molecular weight excluding hydrogens is 254 g/mol. The van der Waals surface area contributed by atoms with Gasteiger partial charge in [-0.15, -0.1) is 0 Å². The molecule has 0 radical (unpaired) electrons. The van der Waals surface area contributed by atoms with Gasteiger partial charge in [-0.2, -0.15) is 0 Å². The smallest absolute Gasteiger partial charge is 0.358 e. The van der Waals surface area contributed by atoms with Crippen molar-refractivity contribution < 1.29 is 19.6 Å². The van der Waals surface area contributed by atoms with Gasteiger partial charge in [-0.05, 0) is 21.5 Å². The maximum absolute atomic E-state index is 10.8. The molecule has 0 unspecified atom stereocenters. The molecule has 0 aliphatic rings. The van der Waals surface area contributed by atoms with E-state index in [4.69, 9.17) is 0 Å². The Morgan fingerprint density at radius 3 is 2.06 bits per heavy atom. The van der Waals surface area contributed by atoms with Gasteiger partial charge in [-0.25, -0.2) is 0 Å². The molecule has 0 saturated heterocycles. The molecule has 1 aromatic rings. The molecule has 0 amide bonds. The first-order chi connectivity index (χ1) is 8.25. The van der Waals surface area contributed by atoms with Gasteiger partial charge in [-0.3, -0.25) is 14.9 Å².